The minimum absolute atomic E-state index is 0.0109. The van der Waals surface area contributed by atoms with Crippen molar-refractivity contribution >= 4 is 5.91 Å². The molecule has 0 spiro atoms. The van der Waals surface area contributed by atoms with Crippen molar-refractivity contribution in [2.75, 3.05) is 27.8 Å². The highest BCUT2D eigenvalue weighted by Crippen LogP contribution is 2.31. The first kappa shape index (κ1) is 17.8. The molecule has 0 aliphatic heterocycles. The second-order valence-corrected chi connectivity index (χ2v) is 5.59. The van der Waals surface area contributed by atoms with Crippen molar-refractivity contribution in [1.29, 1.82) is 0 Å². The van der Waals surface area contributed by atoms with Gasteiger partial charge in [-0.25, -0.2) is 0 Å². The molecule has 0 aromatic heterocycles. The van der Waals surface area contributed by atoms with Crippen LogP contribution >= 0.6 is 0 Å². The number of hydrogen-bond acceptors (Lipinski definition) is 4. The fraction of sp³-hybridized carbons (Fsp3) is 0.316. The molecular weight excluding hydrogens is 304 g/mol. The van der Waals surface area contributed by atoms with Gasteiger partial charge in [0.15, 0.2) is 11.5 Å². The fourth-order valence-electron chi connectivity index (χ4n) is 2.52. The molecule has 2 aromatic carbocycles. The van der Waals surface area contributed by atoms with Crippen LogP contribution in [0.5, 0.6) is 11.5 Å². The summed E-state index contributed by atoms with van der Waals surface area (Å²) >= 11 is 0. The molecule has 0 unspecified atom stereocenters. The summed E-state index contributed by atoms with van der Waals surface area (Å²) in [6, 6.07) is 15.6. The zero-order valence-electron chi connectivity index (χ0n) is 14.4. The maximum absolute atomic E-state index is 12.1. The summed E-state index contributed by atoms with van der Waals surface area (Å²) < 4.78 is 10.7. The molecular formula is C19H24N2O3. The fourth-order valence-corrected chi connectivity index (χ4v) is 2.52. The second-order valence-electron chi connectivity index (χ2n) is 5.59. The van der Waals surface area contributed by atoms with Crippen LogP contribution in [0.2, 0.25) is 0 Å². The Balaban J connectivity index is 1.88. The molecule has 1 N–H and O–H groups in total. The maximum Gasteiger partial charge on any atom is 0.234 e. The van der Waals surface area contributed by atoms with Gasteiger partial charge in [0, 0.05) is 18.7 Å². The molecule has 0 aliphatic rings. The Bertz CT molecular complexity index is 659. The molecule has 0 heterocycles. The number of likely N-dealkylation sites (N-methyl/N-ethyl adjacent to an activating group) is 1. The Morgan fingerprint density at radius 1 is 1.04 bits per heavy atom. The van der Waals surface area contributed by atoms with Gasteiger partial charge in [-0.1, -0.05) is 42.5 Å². The highest BCUT2D eigenvalue weighted by atomic mass is 16.5. The maximum atomic E-state index is 12.1. The van der Waals surface area contributed by atoms with Gasteiger partial charge in [0.05, 0.1) is 20.8 Å². The zero-order valence-corrected chi connectivity index (χ0v) is 14.4. The number of ether oxygens (including phenoxy) is 2. The van der Waals surface area contributed by atoms with Gasteiger partial charge in [-0.3, -0.25) is 9.69 Å². The van der Waals surface area contributed by atoms with Crippen molar-refractivity contribution in [3.63, 3.8) is 0 Å². The lowest BCUT2D eigenvalue weighted by atomic mass is 10.1. The van der Waals surface area contributed by atoms with Crippen LogP contribution < -0.4 is 14.8 Å². The summed E-state index contributed by atoms with van der Waals surface area (Å²) in [6.07, 6.45) is 0. The third kappa shape index (κ3) is 4.99. The van der Waals surface area contributed by atoms with Gasteiger partial charge in [0.25, 0.3) is 0 Å². The minimum atomic E-state index is -0.0109. The summed E-state index contributed by atoms with van der Waals surface area (Å²) in [5, 5.41) is 2.93. The van der Waals surface area contributed by atoms with Gasteiger partial charge < -0.3 is 14.8 Å². The Morgan fingerprint density at radius 3 is 2.46 bits per heavy atom. The quantitative estimate of drug-likeness (QED) is 0.809. The molecule has 0 bridgehead atoms. The largest absolute Gasteiger partial charge is 0.493 e. The number of methoxy groups -OCH3 is 2. The van der Waals surface area contributed by atoms with E-state index in [-0.39, 0.29) is 5.91 Å². The van der Waals surface area contributed by atoms with Crippen LogP contribution in [-0.2, 0) is 17.9 Å². The van der Waals surface area contributed by atoms with Gasteiger partial charge in [0.2, 0.25) is 5.91 Å². The molecule has 5 nitrogen and oxygen atoms in total. The van der Waals surface area contributed by atoms with Crippen LogP contribution in [0.25, 0.3) is 0 Å². The molecule has 0 saturated carbocycles. The van der Waals surface area contributed by atoms with E-state index < -0.39 is 0 Å². The SMILES string of the molecule is COc1cccc(CN(C)CC(=O)NCc2ccccc2)c1OC. The Kier molecular flexibility index (Phi) is 6.63. The van der Waals surface area contributed by atoms with Gasteiger partial charge in [0.1, 0.15) is 0 Å². The predicted molar refractivity (Wildman–Crippen MR) is 94.2 cm³/mol. The van der Waals surface area contributed by atoms with E-state index in [1.165, 1.54) is 0 Å². The van der Waals surface area contributed by atoms with E-state index in [4.69, 9.17) is 9.47 Å². The number of rotatable bonds is 8. The van der Waals surface area contributed by atoms with Crippen LogP contribution in [0.1, 0.15) is 11.1 Å². The van der Waals surface area contributed by atoms with E-state index in [1.807, 2.05) is 60.5 Å². The van der Waals surface area contributed by atoms with Crippen molar-refractivity contribution < 1.29 is 14.3 Å². The monoisotopic (exact) mass is 328 g/mol. The number of carbonyl (C=O) groups is 1. The first-order valence-electron chi connectivity index (χ1n) is 7.83. The van der Waals surface area contributed by atoms with Gasteiger partial charge in [-0.15, -0.1) is 0 Å². The third-order valence-electron chi connectivity index (χ3n) is 3.67. The highest BCUT2D eigenvalue weighted by molar-refractivity contribution is 5.78. The van der Waals surface area contributed by atoms with Crippen molar-refractivity contribution in [3.8, 4) is 11.5 Å². The summed E-state index contributed by atoms with van der Waals surface area (Å²) in [7, 11) is 5.14. The number of para-hydroxylation sites is 1. The Labute approximate surface area is 143 Å². The molecule has 5 heteroatoms. The first-order valence-corrected chi connectivity index (χ1v) is 7.83. The van der Waals surface area contributed by atoms with Crippen LogP contribution in [0.15, 0.2) is 48.5 Å². The van der Waals surface area contributed by atoms with E-state index in [1.54, 1.807) is 14.2 Å². The molecule has 0 radical (unpaired) electrons. The third-order valence-corrected chi connectivity index (χ3v) is 3.67. The number of nitrogens with zero attached hydrogens (tertiary/aromatic N) is 1. The highest BCUT2D eigenvalue weighted by Gasteiger charge is 2.13. The molecule has 24 heavy (non-hydrogen) atoms. The predicted octanol–water partition coefficient (Wildman–Crippen LogP) is 2.45. The molecule has 0 aliphatic carbocycles. The lowest BCUT2D eigenvalue weighted by Gasteiger charge is -2.19. The van der Waals surface area contributed by atoms with E-state index in [9.17, 15) is 4.79 Å². The molecule has 2 aromatic rings. The smallest absolute Gasteiger partial charge is 0.234 e. The van der Waals surface area contributed by atoms with Crippen LogP contribution in [-0.4, -0.2) is 38.6 Å². The van der Waals surface area contributed by atoms with Crippen molar-refractivity contribution in [3.05, 3.63) is 59.7 Å². The lowest BCUT2D eigenvalue weighted by Crippen LogP contribution is -2.34. The Morgan fingerprint density at radius 2 is 1.79 bits per heavy atom. The van der Waals surface area contributed by atoms with Gasteiger partial charge in [-0.2, -0.15) is 0 Å². The molecule has 0 saturated heterocycles. The number of carbonyl (C=O) groups excluding carboxylic acids is 1. The van der Waals surface area contributed by atoms with Crippen LogP contribution in [0.4, 0.5) is 0 Å². The van der Waals surface area contributed by atoms with Crippen LogP contribution in [0.3, 0.4) is 0 Å². The summed E-state index contributed by atoms with van der Waals surface area (Å²) in [5.74, 6) is 1.39. The normalized spacial score (nSPS) is 10.5. The minimum Gasteiger partial charge on any atom is -0.493 e. The lowest BCUT2D eigenvalue weighted by molar-refractivity contribution is -0.122. The number of benzene rings is 2. The number of hydrogen-bond donors (Lipinski definition) is 1. The first-order chi connectivity index (χ1) is 11.6. The molecule has 0 fully saturated rings. The topological polar surface area (TPSA) is 50.8 Å². The number of nitrogens with one attached hydrogen (secondary N) is 1. The van der Waals surface area contributed by atoms with Gasteiger partial charge >= 0.3 is 0 Å². The molecule has 0 atom stereocenters. The molecule has 1 amide bonds. The van der Waals surface area contributed by atoms with E-state index >= 15 is 0 Å². The van der Waals surface area contributed by atoms with Crippen molar-refractivity contribution in [1.82, 2.24) is 10.2 Å². The average Bonchev–Trinajstić information content (AvgIpc) is 2.60. The second kappa shape index (κ2) is 8.93. The summed E-state index contributed by atoms with van der Waals surface area (Å²) in [4.78, 5) is 14.0. The van der Waals surface area contributed by atoms with E-state index in [0.29, 0.717) is 31.1 Å². The molecule has 2 rings (SSSR count). The Hall–Kier alpha value is -2.53. The van der Waals surface area contributed by atoms with Crippen LogP contribution in [0, 0.1) is 0 Å². The standard InChI is InChI=1S/C19H24N2O3/c1-21(13-16-10-7-11-17(23-2)19(16)24-3)14-18(22)20-12-15-8-5-4-6-9-15/h4-11H,12-14H2,1-3H3,(H,20,22). The number of amides is 1. The zero-order chi connectivity index (χ0) is 17.4. The summed E-state index contributed by atoms with van der Waals surface area (Å²) in [5.41, 5.74) is 2.07. The van der Waals surface area contributed by atoms with E-state index in [2.05, 4.69) is 5.32 Å². The summed E-state index contributed by atoms with van der Waals surface area (Å²) in [6.45, 7) is 1.45. The molecule has 128 valence electrons. The van der Waals surface area contributed by atoms with E-state index in [0.717, 1.165) is 11.1 Å². The average molecular weight is 328 g/mol. The van der Waals surface area contributed by atoms with Crippen molar-refractivity contribution in [2.45, 2.75) is 13.1 Å². The van der Waals surface area contributed by atoms with Gasteiger partial charge in [-0.05, 0) is 18.7 Å². The van der Waals surface area contributed by atoms with Crippen molar-refractivity contribution in [2.24, 2.45) is 0 Å².